The summed E-state index contributed by atoms with van der Waals surface area (Å²) in [5, 5.41) is 16.3. The number of carbonyl (C=O) groups is 4. The molecule has 26 heavy (non-hydrogen) atoms. The molecule has 0 aliphatic heterocycles. The lowest BCUT2D eigenvalue weighted by atomic mass is 10.1. The van der Waals surface area contributed by atoms with Gasteiger partial charge >= 0.3 is 5.97 Å². The van der Waals surface area contributed by atoms with Crippen LogP contribution >= 0.6 is 24.4 Å². The fourth-order valence-electron chi connectivity index (χ4n) is 1.79. The highest BCUT2D eigenvalue weighted by Gasteiger charge is 2.26. The second-order valence-corrected chi connectivity index (χ2v) is 7.32. The standard InChI is InChI=1S/C15H28N4O5S2/c1-8(2)12(16)14(22)17-6-11(20)18-10(7-25)13(21)19-9(15(23)24)4-5-26-3/h8-10,12,25H,4-7,16H2,1-3H3,(H,17,22)(H,18,20)(H,19,21)(H,23,24). The van der Waals surface area contributed by atoms with E-state index in [1.165, 1.54) is 11.8 Å². The highest BCUT2D eigenvalue weighted by molar-refractivity contribution is 7.98. The first-order chi connectivity index (χ1) is 12.1. The lowest BCUT2D eigenvalue weighted by Crippen LogP contribution is -2.54. The van der Waals surface area contributed by atoms with Gasteiger partial charge in [0, 0.05) is 5.75 Å². The molecule has 0 aromatic carbocycles. The van der Waals surface area contributed by atoms with Crippen LogP contribution in [0.5, 0.6) is 0 Å². The summed E-state index contributed by atoms with van der Waals surface area (Å²) in [6.45, 7) is 3.22. The maximum absolute atomic E-state index is 12.2. The first kappa shape index (κ1) is 24.5. The summed E-state index contributed by atoms with van der Waals surface area (Å²) in [5.41, 5.74) is 5.67. The van der Waals surface area contributed by atoms with Crippen LogP contribution in [0.3, 0.4) is 0 Å². The van der Waals surface area contributed by atoms with Gasteiger partial charge in [-0.3, -0.25) is 14.4 Å². The molecular formula is C15H28N4O5S2. The summed E-state index contributed by atoms with van der Waals surface area (Å²) in [6.07, 6.45) is 2.09. The lowest BCUT2D eigenvalue weighted by molar-refractivity contribution is -0.142. The fraction of sp³-hybridized carbons (Fsp3) is 0.733. The van der Waals surface area contributed by atoms with Gasteiger partial charge in [0.1, 0.15) is 12.1 Å². The Kier molecular flexibility index (Phi) is 12.1. The Bertz CT molecular complexity index is 504. The molecule has 0 saturated carbocycles. The van der Waals surface area contributed by atoms with E-state index in [1.807, 2.05) is 6.26 Å². The van der Waals surface area contributed by atoms with E-state index in [1.54, 1.807) is 13.8 Å². The van der Waals surface area contributed by atoms with E-state index >= 15 is 0 Å². The van der Waals surface area contributed by atoms with Crippen molar-refractivity contribution in [3.63, 3.8) is 0 Å². The quantitative estimate of drug-likeness (QED) is 0.223. The molecule has 150 valence electrons. The third kappa shape index (κ3) is 9.30. The Morgan fingerprint density at radius 3 is 2.19 bits per heavy atom. The van der Waals surface area contributed by atoms with Crippen molar-refractivity contribution in [3.8, 4) is 0 Å². The third-order valence-electron chi connectivity index (χ3n) is 3.50. The molecular weight excluding hydrogens is 380 g/mol. The Labute approximate surface area is 163 Å². The van der Waals surface area contributed by atoms with Gasteiger partial charge in [0.15, 0.2) is 0 Å². The molecule has 0 aromatic rings. The number of hydrogen-bond donors (Lipinski definition) is 6. The van der Waals surface area contributed by atoms with Gasteiger partial charge in [0.05, 0.1) is 12.6 Å². The number of aliphatic carboxylic acids is 1. The van der Waals surface area contributed by atoms with E-state index in [0.717, 1.165) is 0 Å². The van der Waals surface area contributed by atoms with Crippen molar-refractivity contribution in [2.45, 2.75) is 38.4 Å². The minimum atomic E-state index is -1.15. The molecule has 0 saturated heterocycles. The Balaban J connectivity index is 4.58. The molecule has 3 amide bonds. The lowest BCUT2D eigenvalue weighted by Gasteiger charge is -2.20. The van der Waals surface area contributed by atoms with Gasteiger partial charge in [0.25, 0.3) is 0 Å². The van der Waals surface area contributed by atoms with E-state index in [9.17, 15) is 19.2 Å². The number of hydrogen-bond acceptors (Lipinski definition) is 7. The zero-order valence-electron chi connectivity index (χ0n) is 15.2. The molecule has 3 unspecified atom stereocenters. The number of thioether (sulfide) groups is 1. The van der Waals surface area contributed by atoms with Gasteiger partial charge in [-0.15, -0.1) is 0 Å². The number of carboxylic acids is 1. The van der Waals surface area contributed by atoms with Crippen LogP contribution in [0.1, 0.15) is 20.3 Å². The van der Waals surface area contributed by atoms with Crippen LogP contribution in [-0.2, 0) is 19.2 Å². The summed E-state index contributed by atoms with van der Waals surface area (Å²) in [7, 11) is 0. The summed E-state index contributed by atoms with van der Waals surface area (Å²) in [4.78, 5) is 47.0. The normalized spacial score (nSPS) is 14.2. The topological polar surface area (TPSA) is 151 Å². The zero-order chi connectivity index (χ0) is 20.3. The number of thiol groups is 1. The minimum absolute atomic E-state index is 0.0219. The summed E-state index contributed by atoms with van der Waals surface area (Å²) in [5.74, 6) is -2.39. The molecule has 0 aromatic heterocycles. The second kappa shape index (κ2) is 12.8. The maximum Gasteiger partial charge on any atom is 0.326 e. The smallest absolute Gasteiger partial charge is 0.326 e. The van der Waals surface area contributed by atoms with Gasteiger partial charge in [0.2, 0.25) is 17.7 Å². The number of nitrogens with two attached hydrogens (primary N) is 1. The van der Waals surface area contributed by atoms with Gasteiger partial charge in [-0.25, -0.2) is 4.79 Å². The molecule has 0 rings (SSSR count). The molecule has 6 N–H and O–H groups in total. The van der Waals surface area contributed by atoms with E-state index in [0.29, 0.717) is 5.75 Å². The number of amides is 3. The summed E-state index contributed by atoms with van der Waals surface area (Å²) in [6, 6.07) is -2.80. The average Bonchev–Trinajstić information content (AvgIpc) is 2.59. The first-order valence-corrected chi connectivity index (χ1v) is 10.1. The predicted octanol–water partition coefficient (Wildman–Crippen LogP) is -1.18. The summed E-state index contributed by atoms with van der Waals surface area (Å²) >= 11 is 5.47. The molecule has 0 bridgehead atoms. The van der Waals surface area contributed by atoms with Crippen LogP contribution in [0, 0.1) is 5.92 Å². The molecule has 11 heteroatoms. The van der Waals surface area contributed by atoms with Crippen molar-refractivity contribution < 1.29 is 24.3 Å². The van der Waals surface area contributed by atoms with Gasteiger partial charge in [-0.2, -0.15) is 24.4 Å². The SMILES string of the molecule is CSCCC(NC(=O)C(CS)NC(=O)CNC(=O)C(N)C(C)C)C(=O)O. The van der Waals surface area contributed by atoms with E-state index < -0.39 is 41.8 Å². The van der Waals surface area contributed by atoms with Crippen molar-refractivity contribution in [2.24, 2.45) is 11.7 Å². The van der Waals surface area contributed by atoms with Crippen molar-refractivity contribution in [1.29, 1.82) is 0 Å². The van der Waals surface area contributed by atoms with Crippen LogP contribution < -0.4 is 21.7 Å². The molecule has 0 radical (unpaired) electrons. The average molecular weight is 409 g/mol. The van der Waals surface area contributed by atoms with Crippen LogP contribution in [0.4, 0.5) is 0 Å². The third-order valence-corrected chi connectivity index (χ3v) is 4.51. The molecule has 9 nitrogen and oxygen atoms in total. The van der Waals surface area contributed by atoms with E-state index in [4.69, 9.17) is 10.8 Å². The molecule has 0 spiro atoms. The van der Waals surface area contributed by atoms with Gasteiger partial charge in [-0.05, 0) is 24.3 Å². The molecule has 0 fully saturated rings. The van der Waals surface area contributed by atoms with Crippen molar-refractivity contribution in [3.05, 3.63) is 0 Å². The Morgan fingerprint density at radius 1 is 1.12 bits per heavy atom. The monoisotopic (exact) mass is 408 g/mol. The number of carboxylic acid groups (broad SMARTS) is 1. The number of nitrogens with one attached hydrogen (secondary N) is 3. The van der Waals surface area contributed by atoms with Gasteiger partial charge < -0.3 is 26.8 Å². The fourth-order valence-corrected chi connectivity index (χ4v) is 2.52. The summed E-state index contributed by atoms with van der Waals surface area (Å²) < 4.78 is 0. The van der Waals surface area contributed by atoms with Gasteiger partial charge in [-0.1, -0.05) is 13.8 Å². The maximum atomic E-state index is 12.2. The minimum Gasteiger partial charge on any atom is -0.480 e. The van der Waals surface area contributed by atoms with Crippen LogP contribution in [0.25, 0.3) is 0 Å². The van der Waals surface area contributed by atoms with Crippen LogP contribution in [0.15, 0.2) is 0 Å². The molecule has 3 atom stereocenters. The second-order valence-electron chi connectivity index (χ2n) is 5.97. The number of carbonyl (C=O) groups excluding carboxylic acids is 3. The molecule has 0 heterocycles. The Hall–Kier alpha value is -1.46. The van der Waals surface area contributed by atoms with E-state index in [2.05, 4.69) is 28.6 Å². The molecule has 0 aliphatic rings. The zero-order valence-corrected chi connectivity index (χ0v) is 16.9. The van der Waals surface area contributed by atoms with Crippen LogP contribution in [-0.4, -0.2) is 71.2 Å². The van der Waals surface area contributed by atoms with Crippen molar-refractivity contribution in [1.82, 2.24) is 16.0 Å². The van der Waals surface area contributed by atoms with Crippen LogP contribution in [0.2, 0.25) is 0 Å². The Morgan fingerprint density at radius 2 is 1.73 bits per heavy atom. The highest BCUT2D eigenvalue weighted by Crippen LogP contribution is 2.02. The first-order valence-electron chi connectivity index (χ1n) is 8.09. The highest BCUT2D eigenvalue weighted by atomic mass is 32.2. The van der Waals surface area contributed by atoms with E-state index in [-0.39, 0.29) is 24.6 Å². The predicted molar refractivity (Wildman–Crippen MR) is 104 cm³/mol. The van der Waals surface area contributed by atoms with Crippen molar-refractivity contribution in [2.75, 3.05) is 24.3 Å². The molecule has 0 aliphatic carbocycles. The number of rotatable bonds is 12. The van der Waals surface area contributed by atoms with Crippen molar-refractivity contribution >= 4 is 48.1 Å². The largest absolute Gasteiger partial charge is 0.480 e.